The standard InChI is InChI=1S/C30H63NO/c1-4-7-8-9-10-11-12-13-14-15-16-17-18-19-20-21-22-23-24-25-26-27-28-29-30-31(32,5-2)6-3/h4-30H2,1-3H3. The number of hydrogen-bond donors (Lipinski definition) is 0. The van der Waals surface area contributed by atoms with Gasteiger partial charge in [-0.1, -0.05) is 148 Å². The van der Waals surface area contributed by atoms with Crippen molar-refractivity contribution < 1.29 is 4.65 Å². The molecule has 2 nitrogen and oxygen atoms in total. The zero-order valence-corrected chi connectivity index (χ0v) is 22.9. The Labute approximate surface area is 204 Å². The van der Waals surface area contributed by atoms with E-state index in [1.165, 1.54) is 148 Å². The Balaban J connectivity index is 3.09. The first-order valence-corrected chi connectivity index (χ1v) is 15.3. The highest BCUT2D eigenvalue weighted by Crippen LogP contribution is 2.16. The van der Waals surface area contributed by atoms with Gasteiger partial charge in [-0.2, -0.15) is 0 Å². The number of nitrogens with zero attached hydrogens (tertiary/aromatic N) is 1. The summed E-state index contributed by atoms with van der Waals surface area (Å²) in [6.45, 7) is 8.64. The van der Waals surface area contributed by atoms with Crippen LogP contribution in [0.5, 0.6) is 0 Å². The molecule has 0 aromatic rings. The van der Waals surface area contributed by atoms with E-state index in [-0.39, 0.29) is 4.65 Å². The van der Waals surface area contributed by atoms with Gasteiger partial charge >= 0.3 is 0 Å². The molecule has 0 heterocycles. The normalized spacial score (nSPS) is 12.0. The van der Waals surface area contributed by atoms with Crippen LogP contribution in [0.3, 0.4) is 0 Å². The van der Waals surface area contributed by atoms with Crippen molar-refractivity contribution >= 4 is 0 Å². The highest BCUT2D eigenvalue weighted by Gasteiger charge is 2.09. The Morgan fingerprint density at radius 1 is 0.344 bits per heavy atom. The molecule has 0 radical (unpaired) electrons. The second-order valence-corrected chi connectivity index (χ2v) is 10.5. The topological polar surface area (TPSA) is 23.1 Å². The van der Waals surface area contributed by atoms with E-state index < -0.39 is 0 Å². The number of unbranched alkanes of at least 4 members (excludes halogenated alkanes) is 23. The van der Waals surface area contributed by atoms with Crippen LogP contribution in [-0.2, 0) is 0 Å². The van der Waals surface area contributed by atoms with E-state index in [0.29, 0.717) is 0 Å². The minimum Gasteiger partial charge on any atom is -0.633 e. The van der Waals surface area contributed by atoms with Crippen molar-refractivity contribution in [1.29, 1.82) is 0 Å². The molecule has 0 atom stereocenters. The predicted molar refractivity (Wildman–Crippen MR) is 146 cm³/mol. The van der Waals surface area contributed by atoms with Crippen LogP contribution in [0.15, 0.2) is 0 Å². The van der Waals surface area contributed by atoms with E-state index in [1.807, 2.05) is 13.8 Å². The third-order valence-corrected chi connectivity index (χ3v) is 7.57. The van der Waals surface area contributed by atoms with Crippen molar-refractivity contribution in [1.82, 2.24) is 0 Å². The Morgan fingerprint density at radius 2 is 0.562 bits per heavy atom. The van der Waals surface area contributed by atoms with Gasteiger partial charge in [0.2, 0.25) is 0 Å². The molecular weight excluding hydrogens is 390 g/mol. The van der Waals surface area contributed by atoms with Crippen LogP contribution in [0.25, 0.3) is 0 Å². The summed E-state index contributed by atoms with van der Waals surface area (Å²) in [7, 11) is 0. The lowest BCUT2D eigenvalue weighted by Crippen LogP contribution is -2.42. The Bertz CT molecular complexity index is 340. The van der Waals surface area contributed by atoms with Crippen molar-refractivity contribution in [2.45, 2.75) is 175 Å². The van der Waals surface area contributed by atoms with Crippen LogP contribution in [-0.4, -0.2) is 24.3 Å². The lowest BCUT2D eigenvalue weighted by atomic mass is 10.0. The van der Waals surface area contributed by atoms with E-state index in [0.717, 1.165) is 26.1 Å². The molecule has 0 aromatic carbocycles. The summed E-state index contributed by atoms with van der Waals surface area (Å²) in [4.78, 5) is 0. The zero-order valence-electron chi connectivity index (χ0n) is 22.9. The molecule has 0 rings (SSSR count). The number of rotatable bonds is 27. The molecule has 32 heavy (non-hydrogen) atoms. The van der Waals surface area contributed by atoms with Crippen LogP contribution in [0.2, 0.25) is 0 Å². The average molecular weight is 454 g/mol. The van der Waals surface area contributed by atoms with Crippen molar-refractivity contribution in [2.24, 2.45) is 0 Å². The van der Waals surface area contributed by atoms with E-state index in [9.17, 15) is 5.21 Å². The summed E-state index contributed by atoms with van der Waals surface area (Å²) in [5, 5.41) is 12.2. The van der Waals surface area contributed by atoms with Gasteiger partial charge in [0.15, 0.2) is 0 Å². The van der Waals surface area contributed by atoms with E-state index in [1.54, 1.807) is 0 Å². The molecule has 0 unspecified atom stereocenters. The second kappa shape index (κ2) is 25.5. The fourth-order valence-corrected chi connectivity index (χ4v) is 4.90. The van der Waals surface area contributed by atoms with Crippen LogP contribution >= 0.6 is 0 Å². The molecule has 2 heteroatoms. The summed E-state index contributed by atoms with van der Waals surface area (Å²) in [6, 6.07) is 0. The van der Waals surface area contributed by atoms with E-state index in [4.69, 9.17) is 0 Å². The molecule has 0 saturated heterocycles. The summed E-state index contributed by atoms with van der Waals surface area (Å²) in [5.41, 5.74) is 0. The van der Waals surface area contributed by atoms with Crippen LogP contribution in [0.1, 0.15) is 175 Å². The van der Waals surface area contributed by atoms with Gasteiger partial charge in [0.25, 0.3) is 0 Å². The second-order valence-electron chi connectivity index (χ2n) is 10.5. The molecule has 0 aliphatic rings. The first kappa shape index (κ1) is 31.9. The summed E-state index contributed by atoms with van der Waals surface area (Å²) in [6.07, 6.45) is 34.1. The third-order valence-electron chi connectivity index (χ3n) is 7.57. The lowest BCUT2D eigenvalue weighted by Gasteiger charge is -2.41. The number of hydrogen-bond acceptors (Lipinski definition) is 1. The fourth-order valence-electron chi connectivity index (χ4n) is 4.90. The lowest BCUT2D eigenvalue weighted by molar-refractivity contribution is -0.877. The Kier molecular flexibility index (Phi) is 25.5. The van der Waals surface area contributed by atoms with Crippen LogP contribution in [0, 0.1) is 5.21 Å². The third kappa shape index (κ3) is 23.1. The molecule has 0 bridgehead atoms. The largest absolute Gasteiger partial charge is 0.633 e. The monoisotopic (exact) mass is 453 g/mol. The smallest absolute Gasteiger partial charge is 0.0783 e. The van der Waals surface area contributed by atoms with Gasteiger partial charge in [0, 0.05) is 0 Å². The molecule has 0 fully saturated rings. The Morgan fingerprint density at radius 3 is 0.781 bits per heavy atom. The van der Waals surface area contributed by atoms with Gasteiger partial charge in [-0.25, -0.2) is 0 Å². The van der Waals surface area contributed by atoms with Gasteiger partial charge in [0.1, 0.15) is 0 Å². The van der Waals surface area contributed by atoms with Gasteiger partial charge in [0.05, 0.1) is 19.6 Å². The number of quaternary nitrogens is 1. The van der Waals surface area contributed by atoms with E-state index in [2.05, 4.69) is 6.92 Å². The maximum atomic E-state index is 12.2. The minimum absolute atomic E-state index is 0.0132. The first-order valence-electron chi connectivity index (χ1n) is 15.3. The first-order chi connectivity index (χ1) is 15.7. The molecule has 0 spiro atoms. The van der Waals surface area contributed by atoms with Crippen molar-refractivity contribution in [2.75, 3.05) is 19.6 Å². The van der Waals surface area contributed by atoms with Gasteiger partial charge in [-0.3, -0.25) is 0 Å². The molecule has 0 aliphatic carbocycles. The summed E-state index contributed by atoms with van der Waals surface area (Å²) in [5.74, 6) is 0. The molecule has 0 saturated carbocycles. The van der Waals surface area contributed by atoms with E-state index >= 15 is 0 Å². The van der Waals surface area contributed by atoms with Gasteiger partial charge in [-0.05, 0) is 26.7 Å². The molecule has 0 N–H and O–H groups in total. The maximum Gasteiger partial charge on any atom is 0.0783 e. The summed E-state index contributed by atoms with van der Waals surface area (Å²) < 4.78 is 0.0132. The van der Waals surface area contributed by atoms with Gasteiger partial charge < -0.3 is 9.85 Å². The SMILES string of the molecule is CCCCCCCCCCCCCCCCCCCCCCCCCC[N+]([O-])(CC)CC. The average Bonchev–Trinajstić information content (AvgIpc) is 2.81. The van der Waals surface area contributed by atoms with Crippen LogP contribution < -0.4 is 0 Å². The van der Waals surface area contributed by atoms with Crippen molar-refractivity contribution in [3.8, 4) is 0 Å². The molecule has 0 aromatic heterocycles. The molecule has 0 aliphatic heterocycles. The highest BCUT2D eigenvalue weighted by molar-refractivity contribution is 4.52. The molecule has 194 valence electrons. The molecule has 0 amide bonds. The fraction of sp³-hybridized carbons (Fsp3) is 1.00. The number of hydroxylamine groups is 3. The maximum absolute atomic E-state index is 12.2. The zero-order chi connectivity index (χ0) is 23.6. The van der Waals surface area contributed by atoms with Crippen LogP contribution in [0.4, 0.5) is 0 Å². The van der Waals surface area contributed by atoms with Gasteiger partial charge in [-0.15, -0.1) is 0 Å². The highest BCUT2D eigenvalue weighted by atomic mass is 16.5. The summed E-state index contributed by atoms with van der Waals surface area (Å²) >= 11 is 0. The van der Waals surface area contributed by atoms with Crippen molar-refractivity contribution in [3.05, 3.63) is 5.21 Å². The minimum atomic E-state index is 0.0132. The molecular formula is C30H63NO. The Hall–Kier alpha value is -0.0800. The predicted octanol–water partition coefficient (Wildman–Crippen LogP) is 10.7. The van der Waals surface area contributed by atoms with Crippen molar-refractivity contribution in [3.63, 3.8) is 0 Å². The quantitative estimate of drug-likeness (QED) is 0.0688.